The molecule has 1 N–H and O–H groups in total. The lowest BCUT2D eigenvalue weighted by molar-refractivity contribution is 0.771. The molecule has 0 bridgehead atoms. The fourth-order valence-corrected chi connectivity index (χ4v) is 2.76. The summed E-state index contributed by atoms with van der Waals surface area (Å²) < 4.78 is 0. The lowest BCUT2D eigenvalue weighted by Gasteiger charge is -2.28. The van der Waals surface area contributed by atoms with Crippen LogP contribution in [0.15, 0.2) is 90.0 Å². The molecular weight excluding hydrogens is 320 g/mol. The Morgan fingerprint density at radius 3 is 2.08 bits per heavy atom. The van der Waals surface area contributed by atoms with Crippen molar-refractivity contribution in [3.63, 3.8) is 0 Å². The van der Waals surface area contributed by atoms with Crippen LogP contribution in [-0.2, 0) is 0 Å². The third-order valence-electron chi connectivity index (χ3n) is 3.71. The van der Waals surface area contributed by atoms with E-state index in [4.69, 9.17) is 16.7 Å². The van der Waals surface area contributed by atoms with Crippen molar-refractivity contribution in [3.8, 4) is 0 Å². The molecule has 4 rings (SSSR count). The molecule has 0 aliphatic carbocycles. The topological polar surface area (TPSA) is 30.9 Å². The van der Waals surface area contributed by atoms with E-state index in [9.17, 15) is 0 Å². The molecule has 3 aromatic rings. The Hall–Kier alpha value is -2.98. The Labute approximate surface area is 145 Å². The number of hydrogen-bond acceptors (Lipinski definition) is 4. The van der Waals surface area contributed by atoms with Gasteiger partial charge in [0.25, 0.3) is 0 Å². The summed E-state index contributed by atoms with van der Waals surface area (Å²) in [5.41, 5.74) is 6.12. The minimum atomic E-state index is 0.649. The Kier molecular flexibility index (Phi) is 3.81. The van der Waals surface area contributed by atoms with Crippen LogP contribution in [0, 0.1) is 0 Å². The number of hydrogen-bond donors (Lipinski definition) is 1. The third-order valence-corrected chi connectivity index (χ3v) is 4.03. The van der Waals surface area contributed by atoms with Gasteiger partial charge < -0.3 is 0 Å². The monoisotopic (exact) mass is 334 g/mol. The maximum Gasteiger partial charge on any atom is 0.176 e. The van der Waals surface area contributed by atoms with Crippen LogP contribution < -0.4 is 15.7 Å². The van der Waals surface area contributed by atoms with Crippen LogP contribution in [0.3, 0.4) is 0 Å². The maximum atomic E-state index is 6.39. The Balaban J connectivity index is 1.78. The number of nitrogens with one attached hydrogen (secondary N) is 1. The number of halogens is 1. The molecule has 1 aliphatic rings. The van der Waals surface area contributed by atoms with E-state index in [1.165, 1.54) is 0 Å². The van der Waals surface area contributed by atoms with Crippen LogP contribution in [0.25, 0.3) is 0 Å². The van der Waals surface area contributed by atoms with Crippen molar-refractivity contribution in [2.75, 3.05) is 10.2 Å². The highest BCUT2D eigenvalue weighted by atomic mass is 35.5. The van der Waals surface area contributed by atoms with Crippen molar-refractivity contribution in [3.05, 3.63) is 95.5 Å². The van der Waals surface area contributed by atoms with Gasteiger partial charge in [-0.1, -0.05) is 72.3 Å². The van der Waals surface area contributed by atoms with E-state index in [0.29, 0.717) is 5.02 Å². The highest BCUT2D eigenvalue weighted by molar-refractivity contribution is 6.33. The zero-order valence-corrected chi connectivity index (χ0v) is 13.6. The predicted octanol–water partition coefficient (Wildman–Crippen LogP) is 4.45. The molecule has 0 radical (unpaired) electrons. The molecule has 0 saturated heterocycles. The van der Waals surface area contributed by atoms with Gasteiger partial charge in [-0.2, -0.15) is 10.2 Å². The minimum Gasteiger partial charge on any atom is -0.259 e. The standard InChI is InChI=1S/C19H15ClN4/c20-17-13-7-8-14-18(17)24-22-19(15-9-3-1-4-10-15)21-23(24)16-11-5-2-6-12-16/h1-14H,(H,21,22). The first-order valence-electron chi connectivity index (χ1n) is 7.63. The van der Waals surface area contributed by atoms with E-state index in [1.807, 2.05) is 95.2 Å². The summed E-state index contributed by atoms with van der Waals surface area (Å²) in [5, 5.41) is 9.04. The van der Waals surface area contributed by atoms with Gasteiger partial charge in [-0.05, 0) is 24.3 Å². The first kappa shape index (κ1) is 14.6. The van der Waals surface area contributed by atoms with Crippen molar-refractivity contribution in [2.45, 2.75) is 0 Å². The second-order valence-electron chi connectivity index (χ2n) is 5.31. The van der Waals surface area contributed by atoms with Gasteiger partial charge >= 0.3 is 0 Å². The number of nitrogens with zero attached hydrogens (tertiary/aromatic N) is 3. The zero-order chi connectivity index (χ0) is 16.4. The number of benzene rings is 3. The minimum absolute atomic E-state index is 0.649. The fraction of sp³-hybridized carbons (Fsp3) is 0. The van der Waals surface area contributed by atoms with E-state index in [-0.39, 0.29) is 0 Å². The molecular formula is C19H15ClN4. The van der Waals surface area contributed by atoms with Gasteiger partial charge in [0.1, 0.15) is 5.69 Å². The molecule has 0 amide bonds. The van der Waals surface area contributed by atoms with Gasteiger partial charge in [0, 0.05) is 5.56 Å². The van der Waals surface area contributed by atoms with Crippen molar-refractivity contribution >= 4 is 28.8 Å². The Morgan fingerprint density at radius 2 is 1.38 bits per heavy atom. The van der Waals surface area contributed by atoms with Crippen LogP contribution in [-0.4, -0.2) is 5.84 Å². The van der Waals surface area contributed by atoms with Gasteiger partial charge in [0.15, 0.2) is 5.84 Å². The van der Waals surface area contributed by atoms with Crippen LogP contribution in [0.5, 0.6) is 0 Å². The molecule has 0 saturated carbocycles. The number of rotatable bonds is 3. The zero-order valence-electron chi connectivity index (χ0n) is 12.8. The largest absolute Gasteiger partial charge is 0.259 e. The molecule has 5 heteroatoms. The molecule has 0 atom stereocenters. The van der Waals surface area contributed by atoms with E-state index in [0.717, 1.165) is 22.8 Å². The predicted molar refractivity (Wildman–Crippen MR) is 99.0 cm³/mol. The smallest absolute Gasteiger partial charge is 0.176 e. The highest BCUT2D eigenvalue weighted by Crippen LogP contribution is 2.30. The summed E-state index contributed by atoms with van der Waals surface area (Å²) in [6, 6.07) is 27.6. The summed E-state index contributed by atoms with van der Waals surface area (Å²) in [7, 11) is 0. The molecule has 1 aliphatic heterocycles. The molecule has 0 spiro atoms. The first-order valence-corrected chi connectivity index (χ1v) is 8.01. The van der Waals surface area contributed by atoms with Crippen LogP contribution in [0.2, 0.25) is 5.02 Å². The van der Waals surface area contributed by atoms with Gasteiger partial charge in [0.2, 0.25) is 0 Å². The summed E-state index contributed by atoms with van der Waals surface area (Å²) in [6.07, 6.45) is 0. The normalized spacial score (nSPS) is 13.6. The molecule has 3 aromatic carbocycles. The van der Waals surface area contributed by atoms with E-state index in [1.54, 1.807) is 0 Å². The van der Waals surface area contributed by atoms with E-state index in [2.05, 4.69) is 5.43 Å². The van der Waals surface area contributed by atoms with Crippen molar-refractivity contribution in [1.82, 2.24) is 5.43 Å². The van der Waals surface area contributed by atoms with Gasteiger partial charge in [-0.3, -0.25) is 5.43 Å². The molecule has 24 heavy (non-hydrogen) atoms. The van der Waals surface area contributed by atoms with Crippen molar-refractivity contribution < 1.29 is 0 Å². The number of hydrazone groups is 1. The van der Waals surface area contributed by atoms with Gasteiger partial charge in [0.05, 0.1) is 10.7 Å². The number of amidine groups is 1. The second kappa shape index (κ2) is 6.26. The first-order chi connectivity index (χ1) is 11.8. The lowest BCUT2D eigenvalue weighted by Crippen LogP contribution is -2.44. The average Bonchev–Trinajstić information content (AvgIpc) is 3.09. The maximum absolute atomic E-state index is 6.39. The summed E-state index contributed by atoms with van der Waals surface area (Å²) in [6.45, 7) is 0. The summed E-state index contributed by atoms with van der Waals surface area (Å²) >= 11 is 6.39. The quantitative estimate of drug-likeness (QED) is 0.767. The van der Waals surface area contributed by atoms with Crippen LogP contribution in [0.4, 0.5) is 11.4 Å². The van der Waals surface area contributed by atoms with E-state index < -0.39 is 0 Å². The van der Waals surface area contributed by atoms with Crippen LogP contribution in [0.1, 0.15) is 5.56 Å². The number of hydrazine groups is 2. The Morgan fingerprint density at radius 1 is 0.750 bits per heavy atom. The number of para-hydroxylation sites is 2. The highest BCUT2D eigenvalue weighted by Gasteiger charge is 2.27. The van der Waals surface area contributed by atoms with Crippen molar-refractivity contribution in [1.29, 1.82) is 0 Å². The van der Waals surface area contributed by atoms with Crippen LogP contribution >= 0.6 is 11.6 Å². The molecule has 1 heterocycles. The third kappa shape index (κ3) is 2.68. The SMILES string of the molecule is Clc1ccccc1N1NC(c2ccccc2)=NN1c1ccccc1. The summed E-state index contributed by atoms with van der Waals surface area (Å²) in [5.74, 6) is 0.763. The Bertz CT molecular complexity index is 865. The van der Waals surface area contributed by atoms with Crippen molar-refractivity contribution in [2.24, 2.45) is 5.10 Å². The summed E-state index contributed by atoms with van der Waals surface area (Å²) in [4.78, 5) is 0. The molecule has 0 aromatic heterocycles. The fourth-order valence-electron chi connectivity index (χ4n) is 2.55. The van der Waals surface area contributed by atoms with Gasteiger partial charge in [-0.15, -0.1) is 5.10 Å². The average molecular weight is 335 g/mol. The number of anilines is 2. The van der Waals surface area contributed by atoms with E-state index >= 15 is 0 Å². The molecule has 0 unspecified atom stereocenters. The molecule has 118 valence electrons. The molecule has 4 nitrogen and oxygen atoms in total. The van der Waals surface area contributed by atoms with Gasteiger partial charge in [-0.25, -0.2) is 0 Å². The second-order valence-corrected chi connectivity index (χ2v) is 5.72. The molecule has 0 fully saturated rings. The lowest BCUT2D eigenvalue weighted by atomic mass is 10.2.